The van der Waals surface area contributed by atoms with E-state index in [1.54, 1.807) is 0 Å². The molecule has 0 radical (unpaired) electrons. The van der Waals surface area contributed by atoms with Crippen molar-refractivity contribution in [3.63, 3.8) is 0 Å². The molecule has 1 nitrogen and oxygen atoms in total. The molecular weight excluding hydrogens is 242 g/mol. The van der Waals surface area contributed by atoms with Gasteiger partial charge in [-0.05, 0) is 31.2 Å². The summed E-state index contributed by atoms with van der Waals surface area (Å²) in [6, 6.07) is 18.8. The SMILES string of the molecule is CC(c1ccccc1Cl)N(C)Cc1ccccc1. The van der Waals surface area contributed by atoms with E-state index in [0.717, 1.165) is 11.6 Å². The zero-order valence-corrected chi connectivity index (χ0v) is 11.6. The molecule has 0 N–H and O–H groups in total. The molecule has 18 heavy (non-hydrogen) atoms. The maximum absolute atomic E-state index is 6.24. The number of nitrogens with zero attached hydrogens (tertiary/aromatic N) is 1. The van der Waals surface area contributed by atoms with Gasteiger partial charge in [0.2, 0.25) is 0 Å². The summed E-state index contributed by atoms with van der Waals surface area (Å²) >= 11 is 6.24. The van der Waals surface area contributed by atoms with Crippen molar-refractivity contribution in [2.45, 2.75) is 19.5 Å². The monoisotopic (exact) mass is 259 g/mol. The summed E-state index contributed by atoms with van der Waals surface area (Å²) in [5, 5.41) is 0.838. The lowest BCUT2D eigenvalue weighted by Gasteiger charge is -2.25. The average Bonchev–Trinajstić information content (AvgIpc) is 2.39. The van der Waals surface area contributed by atoms with Crippen LogP contribution in [0.25, 0.3) is 0 Å². The van der Waals surface area contributed by atoms with Gasteiger partial charge in [0.25, 0.3) is 0 Å². The Morgan fingerprint density at radius 2 is 1.61 bits per heavy atom. The van der Waals surface area contributed by atoms with E-state index in [0.29, 0.717) is 6.04 Å². The average molecular weight is 260 g/mol. The summed E-state index contributed by atoms with van der Waals surface area (Å²) in [5.74, 6) is 0. The molecule has 0 aliphatic heterocycles. The van der Waals surface area contributed by atoms with Crippen molar-refractivity contribution in [2.24, 2.45) is 0 Å². The minimum atomic E-state index is 0.305. The summed E-state index contributed by atoms with van der Waals surface area (Å²) in [6.45, 7) is 3.11. The molecular formula is C16H18ClN. The molecule has 0 aliphatic rings. The van der Waals surface area contributed by atoms with E-state index in [1.165, 1.54) is 11.1 Å². The van der Waals surface area contributed by atoms with Crippen LogP contribution in [0.15, 0.2) is 54.6 Å². The highest BCUT2D eigenvalue weighted by atomic mass is 35.5. The highest BCUT2D eigenvalue weighted by Crippen LogP contribution is 2.26. The van der Waals surface area contributed by atoms with Crippen molar-refractivity contribution in [2.75, 3.05) is 7.05 Å². The Bertz CT molecular complexity index is 495. The van der Waals surface area contributed by atoms with Crippen molar-refractivity contribution < 1.29 is 0 Å². The van der Waals surface area contributed by atoms with Gasteiger partial charge < -0.3 is 0 Å². The molecule has 1 unspecified atom stereocenters. The van der Waals surface area contributed by atoms with Gasteiger partial charge in [-0.3, -0.25) is 4.90 Å². The Morgan fingerprint density at radius 1 is 1.00 bits per heavy atom. The second kappa shape index (κ2) is 6.03. The van der Waals surface area contributed by atoms with Gasteiger partial charge in [0.1, 0.15) is 0 Å². The molecule has 2 aromatic rings. The van der Waals surface area contributed by atoms with Crippen molar-refractivity contribution >= 4 is 11.6 Å². The minimum absolute atomic E-state index is 0.305. The molecule has 0 heterocycles. The fraction of sp³-hybridized carbons (Fsp3) is 0.250. The van der Waals surface area contributed by atoms with E-state index in [9.17, 15) is 0 Å². The van der Waals surface area contributed by atoms with E-state index in [2.05, 4.69) is 49.2 Å². The van der Waals surface area contributed by atoms with Crippen LogP contribution in [0.1, 0.15) is 24.1 Å². The molecule has 1 atom stereocenters. The molecule has 0 aliphatic carbocycles. The quantitative estimate of drug-likeness (QED) is 0.780. The van der Waals surface area contributed by atoms with E-state index < -0.39 is 0 Å². The highest BCUT2D eigenvalue weighted by molar-refractivity contribution is 6.31. The Labute approximate surface area is 114 Å². The second-order valence-electron chi connectivity index (χ2n) is 4.60. The minimum Gasteiger partial charge on any atom is -0.295 e. The Hall–Kier alpha value is -1.31. The summed E-state index contributed by atoms with van der Waals surface area (Å²) in [5.41, 5.74) is 2.50. The van der Waals surface area contributed by atoms with E-state index >= 15 is 0 Å². The standard InChI is InChI=1S/C16H18ClN/c1-13(15-10-6-7-11-16(15)17)18(2)12-14-8-4-3-5-9-14/h3-11,13H,12H2,1-2H3. The Balaban J connectivity index is 2.10. The van der Waals surface area contributed by atoms with E-state index in [-0.39, 0.29) is 0 Å². The van der Waals surface area contributed by atoms with Crippen LogP contribution in [0.5, 0.6) is 0 Å². The molecule has 94 valence electrons. The van der Waals surface area contributed by atoms with Crippen LogP contribution in [0.2, 0.25) is 5.02 Å². The predicted molar refractivity (Wildman–Crippen MR) is 77.8 cm³/mol. The number of halogens is 1. The first-order valence-electron chi connectivity index (χ1n) is 6.17. The molecule has 2 aromatic carbocycles. The van der Waals surface area contributed by atoms with Crippen LogP contribution in [0, 0.1) is 0 Å². The molecule has 0 saturated carbocycles. The fourth-order valence-electron chi connectivity index (χ4n) is 2.06. The Morgan fingerprint density at radius 3 is 2.28 bits per heavy atom. The predicted octanol–water partition coefficient (Wildman–Crippen LogP) is 4.53. The third kappa shape index (κ3) is 3.12. The zero-order valence-electron chi connectivity index (χ0n) is 10.8. The molecule has 0 aromatic heterocycles. The van der Waals surface area contributed by atoms with Gasteiger partial charge in [0.15, 0.2) is 0 Å². The molecule has 2 heteroatoms. The highest BCUT2D eigenvalue weighted by Gasteiger charge is 2.14. The molecule has 0 bridgehead atoms. The van der Waals surface area contributed by atoms with Crippen molar-refractivity contribution in [1.29, 1.82) is 0 Å². The second-order valence-corrected chi connectivity index (χ2v) is 5.01. The van der Waals surface area contributed by atoms with E-state index in [4.69, 9.17) is 11.6 Å². The van der Waals surface area contributed by atoms with Crippen LogP contribution in [0.4, 0.5) is 0 Å². The first-order chi connectivity index (χ1) is 8.68. The van der Waals surface area contributed by atoms with Gasteiger partial charge in [-0.25, -0.2) is 0 Å². The summed E-state index contributed by atoms with van der Waals surface area (Å²) in [7, 11) is 2.13. The van der Waals surface area contributed by atoms with Crippen molar-refractivity contribution in [1.82, 2.24) is 4.90 Å². The lowest BCUT2D eigenvalue weighted by molar-refractivity contribution is 0.253. The van der Waals surface area contributed by atoms with Gasteiger partial charge >= 0.3 is 0 Å². The lowest BCUT2D eigenvalue weighted by atomic mass is 10.1. The van der Waals surface area contributed by atoms with E-state index in [1.807, 2.05) is 24.3 Å². The molecule has 0 saturated heterocycles. The summed E-state index contributed by atoms with van der Waals surface area (Å²) in [6.07, 6.45) is 0. The first-order valence-corrected chi connectivity index (χ1v) is 6.55. The van der Waals surface area contributed by atoms with Gasteiger partial charge in [-0.2, -0.15) is 0 Å². The van der Waals surface area contributed by atoms with Crippen LogP contribution < -0.4 is 0 Å². The largest absolute Gasteiger partial charge is 0.295 e. The number of hydrogen-bond donors (Lipinski definition) is 0. The fourth-order valence-corrected chi connectivity index (χ4v) is 2.35. The third-order valence-electron chi connectivity index (χ3n) is 3.29. The van der Waals surface area contributed by atoms with Crippen LogP contribution in [-0.2, 0) is 6.54 Å². The Kier molecular flexibility index (Phi) is 4.40. The smallest absolute Gasteiger partial charge is 0.0453 e. The van der Waals surface area contributed by atoms with Gasteiger partial charge in [-0.1, -0.05) is 60.1 Å². The van der Waals surface area contributed by atoms with Gasteiger partial charge in [0.05, 0.1) is 0 Å². The molecule has 0 amide bonds. The van der Waals surface area contributed by atoms with Crippen LogP contribution in [-0.4, -0.2) is 11.9 Å². The third-order valence-corrected chi connectivity index (χ3v) is 3.64. The maximum Gasteiger partial charge on any atom is 0.0453 e. The van der Waals surface area contributed by atoms with Crippen LogP contribution >= 0.6 is 11.6 Å². The summed E-state index contributed by atoms with van der Waals surface area (Å²) < 4.78 is 0. The summed E-state index contributed by atoms with van der Waals surface area (Å²) in [4.78, 5) is 2.30. The molecule has 0 spiro atoms. The molecule has 0 fully saturated rings. The number of hydrogen-bond acceptors (Lipinski definition) is 1. The van der Waals surface area contributed by atoms with Crippen molar-refractivity contribution in [3.8, 4) is 0 Å². The van der Waals surface area contributed by atoms with Crippen LogP contribution in [0.3, 0.4) is 0 Å². The van der Waals surface area contributed by atoms with Gasteiger partial charge in [-0.15, -0.1) is 0 Å². The lowest BCUT2D eigenvalue weighted by Crippen LogP contribution is -2.22. The maximum atomic E-state index is 6.24. The number of rotatable bonds is 4. The zero-order chi connectivity index (χ0) is 13.0. The molecule has 2 rings (SSSR count). The first kappa shape index (κ1) is 13.1. The normalized spacial score (nSPS) is 12.7. The topological polar surface area (TPSA) is 3.24 Å². The van der Waals surface area contributed by atoms with Crippen molar-refractivity contribution in [3.05, 3.63) is 70.7 Å². The van der Waals surface area contributed by atoms with Gasteiger partial charge in [0, 0.05) is 17.6 Å². The number of benzene rings is 2.